The maximum absolute atomic E-state index is 13.0. The van der Waals surface area contributed by atoms with Crippen molar-refractivity contribution in [3.05, 3.63) is 59.4 Å². The normalized spacial score (nSPS) is 14.6. The van der Waals surface area contributed by atoms with Crippen molar-refractivity contribution in [1.82, 2.24) is 4.90 Å². The van der Waals surface area contributed by atoms with E-state index in [1.165, 1.54) is 28.2 Å². The molecule has 1 heterocycles. The van der Waals surface area contributed by atoms with E-state index in [9.17, 15) is 9.18 Å². The van der Waals surface area contributed by atoms with Gasteiger partial charge in [0.2, 0.25) is 5.91 Å². The van der Waals surface area contributed by atoms with Crippen molar-refractivity contribution in [3.8, 4) is 0 Å². The van der Waals surface area contributed by atoms with Crippen molar-refractivity contribution in [2.24, 2.45) is 0 Å². The van der Waals surface area contributed by atoms with Crippen LogP contribution in [0, 0.1) is 19.7 Å². The number of carbonyl (C=O) groups is 1. The van der Waals surface area contributed by atoms with E-state index in [0.29, 0.717) is 6.42 Å². The molecule has 1 aliphatic heterocycles. The fraction of sp³-hybridized carbons (Fsp3) is 0.381. The van der Waals surface area contributed by atoms with Crippen LogP contribution in [0.15, 0.2) is 47.4 Å². The van der Waals surface area contributed by atoms with Gasteiger partial charge in [0.05, 0.1) is 0 Å². The minimum absolute atomic E-state index is 0.219. The number of carbonyl (C=O) groups excluding carboxylic acids is 1. The molecule has 0 spiro atoms. The highest BCUT2D eigenvalue weighted by Crippen LogP contribution is 2.22. The minimum atomic E-state index is -0.219. The lowest BCUT2D eigenvalue weighted by Gasteiger charge is -2.36. The number of rotatable bonds is 5. The number of anilines is 1. The van der Waals surface area contributed by atoms with E-state index < -0.39 is 0 Å². The zero-order chi connectivity index (χ0) is 18.5. The van der Waals surface area contributed by atoms with Crippen LogP contribution in [-0.4, -0.2) is 42.7 Å². The van der Waals surface area contributed by atoms with Gasteiger partial charge in [-0.2, -0.15) is 0 Å². The molecule has 1 aliphatic rings. The molecule has 2 aromatic rings. The summed E-state index contributed by atoms with van der Waals surface area (Å²) in [6.45, 7) is 7.27. The van der Waals surface area contributed by atoms with Crippen LogP contribution in [0.4, 0.5) is 10.1 Å². The van der Waals surface area contributed by atoms with Gasteiger partial charge in [-0.3, -0.25) is 4.79 Å². The number of halogens is 1. The Bertz CT molecular complexity index is 755. The summed E-state index contributed by atoms with van der Waals surface area (Å²) in [6.07, 6.45) is 0.564. The third-order valence-electron chi connectivity index (χ3n) is 4.89. The van der Waals surface area contributed by atoms with Gasteiger partial charge in [0.25, 0.3) is 0 Å². The maximum Gasteiger partial charge on any atom is 0.223 e. The van der Waals surface area contributed by atoms with Gasteiger partial charge >= 0.3 is 0 Å². The first kappa shape index (κ1) is 18.8. The molecule has 0 bridgehead atoms. The van der Waals surface area contributed by atoms with Gasteiger partial charge in [0.15, 0.2) is 0 Å². The zero-order valence-electron chi connectivity index (χ0n) is 15.4. The molecule has 1 amide bonds. The Labute approximate surface area is 159 Å². The van der Waals surface area contributed by atoms with Crippen molar-refractivity contribution in [2.75, 3.05) is 36.8 Å². The molecule has 26 heavy (non-hydrogen) atoms. The Morgan fingerprint density at radius 2 is 1.69 bits per heavy atom. The summed E-state index contributed by atoms with van der Waals surface area (Å²) in [4.78, 5) is 17.8. The van der Waals surface area contributed by atoms with Gasteiger partial charge in [-0.1, -0.05) is 6.07 Å². The summed E-state index contributed by atoms with van der Waals surface area (Å²) in [5.41, 5.74) is 3.60. The van der Waals surface area contributed by atoms with Crippen molar-refractivity contribution in [2.45, 2.75) is 25.2 Å². The summed E-state index contributed by atoms with van der Waals surface area (Å²) < 4.78 is 13.0. The topological polar surface area (TPSA) is 23.6 Å². The van der Waals surface area contributed by atoms with E-state index in [0.717, 1.165) is 37.6 Å². The fourth-order valence-electron chi connectivity index (χ4n) is 3.08. The van der Waals surface area contributed by atoms with Crippen LogP contribution in [0.1, 0.15) is 17.5 Å². The van der Waals surface area contributed by atoms with E-state index in [-0.39, 0.29) is 11.7 Å². The summed E-state index contributed by atoms with van der Waals surface area (Å²) in [6, 6.07) is 13.0. The number of hydrogen-bond acceptors (Lipinski definition) is 3. The van der Waals surface area contributed by atoms with Crippen LogP contribution >= 0.6 is 11.8 Å². The molecule has 0 saturated carbocycles. The SMILES string of the molecule is Cc1ccc(SCCC(=O)N2CCN(c3ccc(F)cc3)CC2)cc1C. The van der Waals surface area contributed by atoms with Gasteiger partial charge in [-0.05, 0) is 61.4 Å². The van der Waals surface area contributed by atoms with Gasteiger partial charge in [0.1, 0.15) is 5.82 Å². The molecule has 0 N–H and O–H groups in total. The van der Waals surface area contributed by atoms with Gasteiger partial charge in [0, 0.05) is 48.9 Å². The lowest BCUT2D eigenvalue weighted by molar-refractivity contribution is -0.131. The summed E-state index contributed by atoms with van der Waals surface area (Å²) >= 11 is 1.74. The van der Waals surface area contributed by atoms with E-state index in [2.05, 4.69) is 36.9 Å². The maximum atomic E-state index is 13.0. The smallest absolute Gasteiger partial charge is 0.223 e. The van der Waals surface area contributed by atoms with Crippen LogP contribution in [-0.2, 0) is 4.79 Å². The Hall–Kier alpha value is -2.01. The first-order chi connectivity index (χ1) is 12.5. The molecule has 1 fully saturated rings. The number of amides is 1. The number of hydrogen-bond donors (Lipinski definition) is 0. The number of nitrogens with zero attached hydrogens (tertiary/aromatic N) is 2. The number of piperazine rings is 1. The molecule has 3 nitrogen and oxygen atoms in total. The van der Waals surface area contributed by atoms with Gasteiger partial charge < -0.3 is 9.80 Å². The van der Waals surface area contributed by atoms with E-state index in [1.54, 1.807) is 23.9 Å². The molecule has 5 heteroatoms. The van der Waals surface area contributed by atoms with Crippen molar-refractivity contribution < 1.29 is 9.18 Å². The molecule has 0 aliphatic carbocycles. The standard InChI is InChI=1S/C21H25FN2OS/c1-16-3-8-20(15-17(16)2)26-14-9-21(25)24-12-10-23(11-13-24)19-6-4-18(22)5-7-19/h3-8,15H,9-14H2,1-2H3. The average Bonchev–Trinajstić information content (AvgIpc) is 2.65. The van der Waals surface area contributed by atoms with Crippen LogP contribution in [0.3, 0.4) is 0 Å². The second kappa shape index (κ2) is 8.58. The predicted octanol–water partition coefficient (Wildman–Crippen LogP) is 4.27. The highest BCUT2D eigenvalue weighted by Gasteiger charge is 2.21. The summed E-state index contributed by atoms with van der Waals surface area (Å²) in [5, 5.41) is 0. The summed E-state index contributed by atoms with van der Waals surface area (Å²) in [5.74, 6) is 0.809. The monoisotopic (exact) mass is 372 g/mol. The summed E-state index contributed by atoms with van der Waals surface area (Å²) in [7, 11) is 0. The number of aryl methyl sites for hydroxylation is 2. The van der Waals surface area contributed by atoms with E-state index in [1.807, 2.05) is 4.90 Å². The van der Waals surface area contributed by atoms with Crippen molar-refractivity contribution in [1.29, 1.82) is 0 Å². The predicted molar refractivity (Wildman–Crippen MR) is 106 cm³/mol. The Kier molecular flexibility index (Phi) is 6.20. The van der Waals surface area contributed by atoms with E-state index in [4.69, 9.17) is 0 Å². The first-order valence-electron chi connectivity index (χ1n) is 9.01. The van der Waals surface area contributed by atoms with Crippen molar-refractivity contribution in [3.63, 3.8) is 0 Å². The number of benzene rings is 2. The van der Waals surface area contributed by atoms with Crippen LogP contribution in [0.5, 0.6) is 0 Å². The van der Waals surface area contributed by atoms with Crippen molar-refractivity contribution >= 4 is 23.4 Å². The lowest BCUT2D eigenvalue weighted by Crippen LogP contribution is -2.48. The third kappa shape index (κ3) is 4.79. The van der Waals surface area contributed by atoms with Crippen LogP contribution < -0.4 is 4.90 Å². The zero-order valence-corrected chi connectivity index (χ0v) is 16.2. The largest absolute Gasteiger partial charge is 0.368 e. The highest BCUT2D eigenvalue weighted by atomic mass is 32.2. The molecule has 1 saturated heterocycles. The molecule has 0 unspecified atom stereocenters. The Morgan fingerprint density at radius 1 is 1.00 bits per heavy atom. The van der Waals surface area contributed by atoms with Crippen LogP contribution in [0.2, 0.25) is 0 Å². The molecule has 138 valence electrons. The van der Waals surface area contributed by atoms with Gasteiger partial charge in [-0.25, -0.2) is 4.39 Å². The van der Waals surface area contributed by atoms with Crippen LogP contribution in [0.25, 0.3) is 0 Å². The third-order valence-corrected chi connectivity index (χ3v) is 5.88. The first-order valence-corrected chi connectivity index (χ1v) is 10.00. The second-order valence-corrected chi connectivity index (χ2v) is 7.86. The molecule has 2 aromatic carbocycles. The molecule has 0 radical (unpaired) electrons. The van der Waals surface area contributed by atoms with Gasteiger partial charge in [-0.15, -0.1) is 11.8 Å². The number of thioether (sulfide) groups is 1. The molecular formula is C21H25FN2OS. The molecular weight excluding hydrogens is 347 g/mol. The Morgan fingerprint density at radius 3 is 2.35 bits per heavy atom. The molecule has 3 rings (SSSR count). The Balaban J connectivity index is 1.43. The molecule has 0 atom stereocenters. The lowest BCUT2D eigenvalue weighted by atomic mass is 10.1. The highest BCUT2D eigenvalue weighted by molar-refractivity contribution is 7.99. The molecule has 0 aromatic heterocycles. The fourth-order valence-corrected chi connectivity index (χ4v) is 4.02. The average molecular weight is 373 g/mol. The quantitative estimate of drug-likeness (QED) is 0.732. The van der Waals surface area contributed by atoms with E-state index >= 15 is 0 Å². The second-order valence-electron chi connectivity index (χ2n) is 6.69. The minimum Gasteiger partial charge on any atom is -0.368 e.